The van der Waals surface area contributed by atoms with E-state index in [0.717, 1.165) is 30.5 Å². The van der Waals surface area contributed by atoms with Crippen LogP contribution in [0, 0.1) is 0 Å². The molecule has 1 aromatic rings. The number of carbonyl (C=O) groups excluding carboxylic acids is 2. The largest absolute Gasteiger partial charge is 0.311 e. The number of hydrogen-bond donors (Lipinski definition) is 0. The Morgan fingerprint density at radius 1 is 1.13 bits per heavy atom. The lowest BCUT2D eigenvalue weighted by Crippen LogP contribution is -2.29. The summed E-state index contributed by atoms with van der Waals surface area (Å²) in [6.07, 6.45) is 3.08. The monoisotopic (exact) mass is 346 g/mol. The molecule has 3 rings (SSSR count). The van der Waals surface area contributed by atoms with Crippen molar-refractivity contribution in [2.75, 3.05) is 18.5 Å². The van der Waals surface area contributed by atoms with Gasteiger partial charge in [-0.1, -0.05) is 61.9 Å². The van der Waals surface area contributed by atoms with Gasteiger partial charge in [-0.15, -0.1) is 0 Å². The number of thiocarbonyl (C=S) groups is 1. The first-order valence-corrected chi connectivity index (χ1v) is 8.94. The Kier molecular flexibility index (Phi) is 4.55. The molecule has 1 saturated heterocycles. The number of carbonyl (C=O) groups is 2. The van der Waals surface area contributed by atoms with Crippen LogP contribution in [0.2, 0.25) is 0 Å². The molecule has 2 aliphatic heterocycles. The maximum atomic E-state index is 12.7. The van der Waals surface area contributed by atoms with Crippen molar-refractivity contribution in [1.29, 1.82) is 0 Å². The Morgan fingerprint density at radius 2 is 1.87 bits per heavy atom. The van der Waals surface area contributed by atoms with Gasteiger partial charge in [0.2, 0.25) is 0 Å². The zero-order valence-electron chi connectivity index (χ0n) is 13.2. The van der Waals surface area contributed by atoms with Crippen molar-refractivity contribution >= 4 is 51.4 Å². The number of rotatable bonds is 4. The molecule has 120 valence electrons. The Bertz CT molecular complexity index is 727. The normalized spacial score (nSPS) is 20.7. The van der Waals surface area contributed by atoms with Crippen LogP contribution in [-0.4, -0.2) is 34.6 Å². The van der Waals surface area contributed by atoms with E-state index in [-0.39, 0.29) is 11.8 Å². The fourth-order valence-corrected chi connectivity index (χ4v) is 4.23. The van der Waals surface area contributed by atoms with Gasteiger partial charge in [0, 0.05) is 19.2 Å². The molecule has 1 aromatic carbocycles. The van der Waals surface area contributed by atoms with Gasteiger partial charge in [-0.2, -0.15) is 0 Å². The van der Waals surface area contributed by atoms with Gasteiger partial charge in [0.25, 0.3) is 11.8 Å². The number of thioether (sulfide) groups is 1. The third-order valence-corrected chi connectivity index (χ3v) is 5.56. The molecule has 0 radical (unpaired) electrons. The van der Waals surface area contributed by atoms with E-state index in [4.69, 9.17) is 12.2 Å². The van der Waals surface area contributed by atoms with Crippen molar-refractivity contribution in [1.82, 2.24) is 4.90 Å². The molecule has 1 fully saturated rings. The number of anilines is 1. The van der Waals surface area contributed by atoms with Gasteiger partial charge in [0.05, 0.1) is 16.2 Å². The van der Waals surface area contributed by atoms with Gasteiger partial charge in [-0.25, -0.2) is 0 Å². The van der Waals surface area contributed by atoms with E-state index in [9.17, 15) is 9.59 Å². The Balaban J connectivity index is 1.98. The first kappa shape index (κ1) is 16.2. The predicted octanol–water partition coefficient (Wildman–Crippen LogP) is 3.42. The van der Waals surface area contributed by atoms with Crippen molar-refractivity contribution in [3.8, 4) is 0 Å². The van der Waals surface area contributed by atoms with Gasteiger partial charge in [-0.3, -0.25) is 14.5 Å². The van der Waals surface area contributed by atoms with Crippen LogP contribution < -0.4 is 4.90 Å². The van der Waals surface area contributed by atoms with Crippen molar-refractivity contribution in [2.45, 2.75) is 26.2 Å². The summed E-state index contributed by atoms with van der Waals surface area (Å²) in [5.41, 5.74) is 2.14. The number of unbranched alkanes of at least 4 members (excludes halogenated alkanes) is 2. The average molecular weight is 346 g/mol. The second kappa shape index (κ2) is 6.45. The molecule has 0 N–H and O–H groups in total. The van der Waals surface area contributed by atoms with Gasteiger partial charge in [-0.05, 0) is 12.5 Å². The van der Waals surface area contributed by atoms with Crippen LogP contribution in [0.15, 0.2) is 29.2 Å². The van der Waals surface area contributed by atoms with Crippen LogP contribution >= 0.6 is 24.0 Å². The Labute approximate surface area is 145 Å². The van der Waals surface area contributed by atoms with Crippen LogP contribution in [0.3, 0.4) is 0 Å². The van der Waals surface area contributed by atoms with Crippen LogP contribution in [-0.2, 0) is 9.59 Å². The maximum absolute atomic E-state index is 12.7. The number of para-hydroxylation sites is 1. The first-order valence-electron chi connectivity index (χ1n) is 7.71. The van der Waals surface area contributed by atoms with E-state index >= 15 is 0 Å². The van der Waals surface area contributed by atoms with Crippen LogP contribution in [0.4, 0.5) is 5.69 Å². The topological polar surface area (TPSA) is 40.6 Å². The highest BCUT2D eigenvalue weighted by atomic mass is 32.2. The van der Waals surface area contributed by atoms with Gasteiger partial charge in [0.1, 0.15) is 4.32 Å². The van der Waals surface area contributed by atoms with Crippen LogP contribution in [0.1, 0.15) is 31.7 Å². The summed E-state index contributed by atoms with van der Waals surface area (Å²) in [4.78, 5) is 29.0. The zero-order chi connectivity index (χ0) is 16.6. The summed E-state index contributed by atoms with van der Waals surface area (Å²) in [5.74, 6) is -0.273. The predicted molar refractivity (Wildman–Crippen MR) is 98.2 cm³/mol. The van der Waals surface area contributed by atoms with E-state index in [2.05, 4.69) is 6.92 Å². The number of likely N-dealkylation sites (N-methyl/N-ethyl adjacent to an activating group) is 1. The zero-order valence-corrected chi connectivity index (χ0v) is 14.8. The van der Waals surface area contributed by atoms with E-state index in [1.54, 1.807) is 16.8 Å². The fraction of sp³-hybridized carbons (Fsp3) is 0.353. The van der Waals surface area contributed by atoms with Crippen LogP contribution in [0.5, 0.6) is 0 Å². The van der Waals surface area contributed by atoms with Gasteiger partial charge < -0.3 is 4.90 Å². The summed E-state index contributed by atoms with van der Waals surface area (Å²) in [5, 5.41) is 0. The molecule has 23 heavy (non-hydrogen) atoms. The number of fused-ring (bicyclic) bond motifs is 1. The minimum atomic E-state index is -0.139. The molecule has 0 spiro atoms. The smallest absolute Gasteiger partial charge is 0.267 e. The molecular formula is C17H18N2O2S2. The summed E-state index contributed by atoms with van der Waals surface area (Å²) >= 11 is 6.60. The van der Waals surface area contributed by atoms with Crippen molar-refractivity contribution in [3.63, 3.8) is 0 Å². The molecule has 2 aliphatic rings. The quantitative estimate of drug-likeness (QED) is 0.476. The highest BCUT2D eigenvalue weighted by Crippen LogP contribution is 2.43. The highest BCUT2D eigenvalue weighted by molar-refractivity contribution is 8.26. The average Bonchev–Trinajstić information content (AvgIpc) is 2.96. The number of benzene rings is 1. The minimum Gasteiger partial charge on any atom is -0.311 e. The summed E-state index contributed by atoms with van der Waals surface area (Å²) in [6, 6.07) is 7.55. The number of hydrogen-bond acceptors (Lipinski definition) is 4. The summed E-state index contributed by atoms with van der Waals surface area (Å²) in [7, 11) is 1.73. The standard InChI is InChI=1S/C17H18N2O2S2/c1-3-4-7-10-19-16(21)14(23-17(19)22)13-11-8-5-6-9-12(11)18(2)15(13)20/h5-6,8-9H,3-4,7,10H2,1-2H3. The Hall–Kier alpha value is -1.66. The molecule has 4 nitrogen and oxygen atoms in total. The fourth-order valence-electron chi connectivity index (χ4n) is 2.85. The second-order valence-corrected chi connectivity index (χ2v) is 7.26. The van der Waals surface area contributed by atoms with Gasteiger partial charge in [0.15, 0.2) is 0 Å². The lowest BCUT2D eigenvalue weighted by atomic mass is 10.1. The van der Waals surface area contributed by atoms with Crippen LogP contribution in [0.25, 0.3) is 5.57 Å². The molecule has 0 aliphatic carbocycles. The molecule has 0 unspecified atom stereocenters. The van der Waals surface area contributed by atoms with E-state index in [0.29, 0.717) is 21.3 Å². The third kappa shape index (κ3) is 2.70. The highest BCUT2D eigenvalue weighted by Gasteiger charge is 2.40. The van der Waals surface area contributed by atoms with Gasteiger partial charge >= 0.3 is 0 Å². The van der Waals surface area contributed by atoms with E-state index < -0.39 is 0 Å². The van der Waals surface area contributed by atoms with E-state index in [1.807, 2.05) is 24.3 Å². The third-order valence-electron chi connectivity index (χ3n) is 4.11. The van der Waals surface area contributed by atoms with Crippen molar-refractivity contribution in [3.05, 3.63) is 34.7 Å². The minimum absolute atomic E-state index is 0.135. The molecule has 0 saturated carbocycles. The van der Waals surface area contributed by atoms with Crippen molar-refractivity contribution < 1.29 is 9.59 Å². The summed E-state index contributed by atoms with van der Waals surface area (Å²) in [6.45, 7) is 2.75. The second-order valence-electron chi connectivity index (χ2n) is 5.62. The molecule has 2 heterocycles. The lowest BCUT2D eigenvalue weighted by Gasteiger charge is -2.13. The summed E-state index contributed by atoms with van der Waals surface area (Å²) < 4.78 is 0.549. The SMILES string of the molecule is CCCCCN1C(=O)C(=C2C(=O)N(C)c3ccccc32)SC1=S. The number of nitrogens with zero attached hydrogens (tertiary/aromatic N) is 2. The van der Waals surface area contributed by atoms with E-state index in [1.165, 1.54) is 11.8 Å². The van der Waals surface area contributed by atoms with Crippen molar-refractivity contribution in [2.24, 2.45) is 0 Å². The first-order chi connectivity index (χ1) is 11.1. The molecule has 2 amide bonds. The molecule has 0 bridgehead atoms. The maximum Gasteiger partial charge on any atom is 0.267 e. The lowest BCUT2D eigenvalue weighted by molar-refractivity contribution is -0.122. The molecule has 6 heteroatoms. The molecule has 0 aromatic heterocycles. The molecule has 0 atom stereocenters. The molecular weight excluding hydrogens is 328 g/mol. The number of amides is 2. The Morgan fingerprint density at radius 3 is 2.61 bits per heavy atom.